The molecule has 0 fully saturated rings. The summed E-state index contributed by atoms with van der Waals surface area (Å²) in [6.45, 7) is 3.81. The smallest absolute Gasteiger partial charge is 0.261 e. The highest BCUT2D eigenvalue weighted by Crippen LogP contribution is 2.20. The van der Waals surface area contributed by atoms with Crippen LogP contribution in [0.3, 0.4) is 0 Å². The number of ether oxygens (including phenoxy) is 1. The lowest BCUT2D eigenvalue weighted by molar-refractivity contribution is -0.114. The van der Waals surface area contributed by atoms with Crippen molar-refractivity contribution in [3.8, 4) is 5.75 Å². The molecule has 0 saturated heterocycles. The van der Waals surface area contributed by atoms with Gasteiger partial charge in [-0.15, -0.1) is 0 Å². The van der Waals surface area contributed by atoms with Crippen molar-refractivity contribution in [1.29, 1.82) is 0 Å². The molecule has 2 rings (SSSR count). The van der Waals surface area contributed by atoms with E-state index in [1.54, 1.807) is 24.3 Å². The van der Waals surface area contributed by atoms with Crippen LogP contribution in [-0.2, 0) is 14.8 Å². The van der Waals surface area contributed by atoms with Crippen LogP contribution in [0.5, 0.6) is 5.75 Å². The van der Waals surface area contributed by atoms with Crippen molar-refractivity contribution in [2.24, 2.45) is 0 Å². The van der Waals surface area contributed by atoms with Crippen LogP contribution in [0, 0.1) is 0 Å². The van der Waals surface area contributed by atoms with Gasteiger partial charge in [0, 0.05) is 18.3 Å². The van der Waals surface area contributed by atoms with E-state index in [9.17, 15) is 13.2 Å². The van der Waals surface area contributed by atoms with Crippen LogP contribution in [0.4, 0.5) is 11.4 Å². The molecule has 0 aliphatic carbocycles. The summed E-state index contributed by atoms with van der Waals surface area (Å²) in [5.41, 5.74) is 0.983. The minimum Gasteiger partial charge on any atom is -0.494 e. The Kier molecular flexibility index (Phi) is 5.23. The Morgan fingerprint density at radius 1 is 1.00 bits per heavy atom. The fourth-order valence-corrected chi connectivity index (χ4v) is 2.98. The average Bonchev–Trinajstić information content (AvgIpc) is 2.49. The normalized spacial score (nSPS) is 10.9. The lowest BCUT2D eigenvalue weighted by atomic mass is 10.3. The van der Waals surface area contributed by atoms with Gasteiger partial charge in [-0.2, -0.15) is 0 Å². The fourth-order valence-electron chi connectivity index (χ4n) is 1.92. The van der Waals surface area contributed by atoms with Crippen LogP contribution in [0.15, 0.2) is 53.4 Å². The Bertz CT molecular complexity index is 769. The van der Waals surface area contributed by atoms with Gasteiger partial charge in [0.25, 0.3) is 10.0 Å². The van der Waals surface area contributed by atoms with Crippen molar-refractivity contribution in [2.45, 2.75) is 18.7 Å². The van der Waals surface area contributed by atoms with Crippen molar-refractivity contribution in [3.63, 3.8) is 0 Å². The molecule has 6 nitrogen and oxygen atoms in total. The van der Waals surface area contributed by atoms with E-state index in [-0.39, 0.29) is 10.8 Å². The summed E-state index contributed by atoms with van der Waals surface area (Å²) in [5, 5.41) is 2.58. The Balaban J connectivity index is 2.13. The number of hydrogen-bond acceptors (Lipinski definition) is 4. The van der Waals surface area contributed by atoms with Gasteiger partial charge >= 0.3 is 0 Å². The third-order valence-electron chi connectivity index (χ3n) is 2.90. The quantitative estimate of drug-likeness (QED) is 0.851. The first-order valence-electron chi connectivity index (χ1n) is 7.04. The van der Waals surface area contributed by atoms with Gasteiger partial charge in [0.1, 0.15) is 5.75 Å². The summed E-state index contributed by atoms with van der Waals surface area (Å²) in [7, 11) is -3.69. The van der Waals surface area contributed by atoms with Crippen molar-refractivity contribution in [1.82, 2.24) is 0 Å². The van der Waals surface area contributed by atoms with E-state index in [4.69, 9.17) is 4.74 Å². The number of nitrogens with one attached hydrogen (secondary N) is 2. The topological polar surface area (TPSA) is 84.5 Å². The van der Waals surface area contributed by atoms with Crippen LogP contribution in [0.25, 0.3) is 0 Å². The molecule has 2 aromatic carbocycles. The highest BCUT2D eigenvalue weighted by atomic mass is 32.2. The molecule has 0 atom stereocenters. The molecule has 0 unspecified atom stereocenters. The largest absolute Gasteiger partial charge is 0.494 e. The number of sulfonamides is 1. The summed E-state index contributed by atoms with van der Waals surface area (Å²) >= 11 is 0. The predicted molar refractivity (Wildman–Crippen MR) is 89.2 cm³/mol. The second-order valence-electron chi connectivity index (χ2n) is 4.77. The third kappa shape index (κ3) is 4.72. The molecule has 2 N–H and O–H groups in total. The lowest BCUT2D eigenvalue weighted by Crippen LogP contribution is -2.13. The first-order chi connectivity index (χ1) is 10.9. The van der Waals surface area contributed by atoms with Gasteiger partial charge in [0.05, 0.1) is 11.5 Å². The van der Waals surface area contributed by atoms with Gasteiger partial charge in [-0.05, 0) is 55.5 Å². The molecule has 0 bridgehead atoms. The van der Waals surface area contributed by atoms with E-state index in [0.29, 0.717) is 23.7 Å². The molecule has 0 radical (unpaired) electrons. The zero-order valence-electron chi connectivity index (χ0n) is 12.9. The molecule has 2 aromatic rings. The first-order valence-corrected chi connectivity index (χ1v) is 8.52. The number of amides is 1. The summed E-state index contributed by atoms with van der Waals surface area (Å²) in [5.74, 6) is 0.461. The summed E-state index contributed by atoms with van der Waals surface area (Å²) < 4.78 is 32.4. The average molecular weight is 334 g/mol. The van der Waals surface area contributed by atoms with E-state index in [2.05, 4.69) is 10.0 Å². The molecule has 7 heteroatoms. The maximum atomic E-state index is 12.3. The van der Waals surface area contributed by atoms with Gasteiger partial charge in [0.15, 0.2) is 0 Å². The molecule has 0 spiro atoms. The SMILES string of the molecule is CCOc1ccc(NS(=O)(=O)c2ccc(NC(C)=O)cc2)cc1. The van der Waals surface area contributed by atoms with Crippen LogP contribution in [-0.4, -0.2) is 20.9 Å². The van der Waals surface area contributed by atoms with E-state index < -0.39 is 10.0 Å². The maximum absolute atomic E-state index is 12.3. The fraction of sp³-hybridized carbons (Fsp3) is 0.188. The second-order valence-corrected chi connectivity index (χ2v) is 6.45. The van der Waals surface area contributed by atoms with Gasteiger partial charge < -0.3 is 10.1 Å². The zero-order valence-corrected chi connectivity index (χ0v) is 13.7. The number of hydrogen-bond donors (Lipinski definition) is 2. The van der Waals surface area contributed by atoms with E-state index >= 15 is 0 Å². The van der Waals surface area contributed by atoms with Gasteiger partial charge in [0.2, 0.25) is 5.91 Å². The molecule has 0 aliphatic heterocycles. The maximum Gasteiger partial charge on any atom is 0.261 e. The molecule has 0 aromatic heterocycles. The monoisotopic (exact) mass is 334 g/mol. The number of carbonyl (C=O) groups is 1. The van der Waals surface area contributed by atoms with Crippen molar-refractivity contribution in [3.05, 3.63) is 48.5 Å². The number of benzene rings is 2. The molecule has 0 aliphatic rings. The standard InChI is InChI=1S/C16H18N2O4S/c1-3-22-15-8-4-14(5-9-15)18-23(20,21)16-10-6-13(7-11-16)17-12(2)19/h4-11,18H,3H2,1-2H3,(H,17,19). The van der Waals surface area contributed by atoms with E-state index in [1.807, 2.05) is 6.92 Å². The predicted octanol–water partition coefficient (Wildman–Crippen LogP) is 2.84. The highest BCUT2D eigenvalue weighted by molar-refractivity contribution is 7.92. The molecule has 0 heterocycles. The van der Waals surface area contributed by atoms with Crippen molar-refractivity contribution >= 4 is 27.3 Å². The Morgan fingerprint density at radius 2 is 1.57 bits per heavy atom. The first kappa shape index (κ1) is 16.8. The van der Waals surface area contributed by atoms with Crippen LogP contribution in [0.1, 0.15) is 13.8 Å². The second kappa shape index (κ2) is 7.15. The molecular weight excluding hydrogens is 316 g/mol. The van der Waals surface area contributed by atoms with Gasteiger partial charge in [-0.3, -0.25) is 9.52 Å². The van der Waals surface area contributed by atoms with Crippen LogP contribution in [0.2, 0.25) is 0 Å². The van der Waals surface area contributed by atoms with E-state index in [0.717, 1.165) is 0 Å². The van der Waals surface area contributed by atoms with Crippen molar-refractivity contribution < 1.29 is 17.9 Å². The zero-order chi connectivity index (χ0) is 16.9. The lowest BCUT2D eigenvalue weighted by Gasteiger charge is -2.10. The molecule has 1 amide bonds. The Morgan fingerprint density at radius 3 is 2.09 bits per heavy atom. The van der Waals surface area contributed by atoms with Crippen molar-refractivity contribution in [2.75, 3.05) is 16.6 Å². The molecule has 122 valence electrons. The number of rotatable bonds is 6. The minimum atomic E-state index is -3.69. The third-order valence-corrected chi connectivity index (χ3v) is 4.30. The van der Waals surface area contributed by atoms with Gasteiger partial charge in [-0.1, -0.05) is 0 Å². The molecular formula is C16H18N2O4S. The Hall–Kier alpha value is -2.54. The van der Waals surface area contributed by atoms with E-state index in [1.165, 1.54) is 31.2 Å². The number of anilines is 2. The molecule has 23 heavy (non-hydrogen) atoms. The summed E-state index contributed by atoms with van der Waals surface area (Å²) in [6.07, 6.45) is 0. The number of carbonyl (C=O) groups excluding carboxylic acids is 1. The van der Waals surface area contributed by atoms with Crippen LogP contribution < -0.4 is 14.8 Å². The molecule has 0 saturated carbocycles. The highest BCUT2D eigenvalue weighted by Gasteiger charge is 2.14. The van der Waals surface area contributed by atoms with Crippen LogP contribution >= 0.6 is 0 Å². The summed E-state index contributed by atoms with van der Waals surface area (Å²) in [4.78, 5) is 11.1. The minimum absolute atomic E-state index is 0.112. The Labute approximate surface area is 135 Å². The summed E-state index contributed by atoms with van der Waals surface area (Å²) in [6, 6.07) is 12.6. The van der Waals surface area contributed by atoms with Gasteiger partial charge in [-0.25, -0.2) is 8.42 Å².